The lowest BCUT2D eigenvalue weighted by molar-refractivity contribution is 0.0205. The number of amides is 1. The second-order valence-corrected chi connectivity index (χ2v) is 14.4. The first kappa shape index (κ1) is 37.9. The summed E-state index contributed by atoms with van der Waals surface area (Å²) in [6, 6.07) is 13.2. The molecule has 4 aliphatic rings. The Hall–Kier alpha value is -5.39. The molecule has 2 fully saturated rings. The Morgan fingerprint density at radius 3 is 1.94 bits per heavy atom. The number of carbonyl (C=O) groups excluding carboxylic acids is 1. The molecule has 2 unspecified atom stereocenters. The molecule has 2 atom stereocenters. The van der Waals surface area contributed by atoms with Crippen LogP contribution in [0, 0.1) is 5.41 Å². The minimum absolute atomic E-state index is 0. The summed E-state index contributed by atoms with van der Waals surface area (Å²) in [5.74, 6) is 0. The van der Waals surface area contributed by atoms with E-state index >= 15 is 0 Å². The van der Waals surface area contributed by atoms with Crippen LogP contribution in [0.3, 0.4) is 0 Å². The standard InChI is InChI=1S/C21H24N4O3.C17H18N4O.2CH4/c1-20(2,3)28-19(26)25-18(22)27-12-21(25)8-7-17-14(9-21)5-4-6-16(17)15-10-23-13-24-11-15;1-18-16-21-17(10-22-16)6-5-15-12(7-17)3-2-4-14(15)13-8-19-11-20-9-13;;/h4-6,10-11,13,22H,7-9,12H2,1-3H3;2-4,8-9,11H,5-7,10H2,1H3,(H,18,21);2*1H4. The molecule has 2 spiro atoms. The smallest absolute Gasteiger partial charge is 0.419 e. The Bertz CT molecular complexity index is 1930. The molecule has 4 aromatic rings. The van der Waals surface area contributed by atoms with Gasteiger partial charge in [-0.2, -0.15) is 0 Å². The Balaban J connectivity index is 0.000000198. The second kappa shape index (κ2) is 15.1. The fourth-order valence-corrected chi connectivity index (χ4v) is 7.53. The minimum atomic E-state index is -0.631. The maximum absolute atomic E-state index is 12.8. The zero-order valence-electron chi connectivity index (χ0n) is 28.9. The number of aliphatic imine (C=N–C) groups is 1. The largest absolute Gasteiger partial charge is 0.463 e. The fourth-order valence-electron chi connectivity index (χ4n) is 7.53. The van der Waals surface area contributed by atoms with Gasteiger partial charge in [0.25, 0.3) is 12.0 Å². The first-order valence-corrected chi connectivity index (χ1v) is 16.9. The summed E-state index contributed by atoms with van der Waals surface area (Å²) >= 11 is 0. The number of fused-ring (bicyclic) bond motifs is 2. The lowest BCUT2D eigenvalue weighted by atomic mass is 9.76. The highest BCUT2D eigenvalue weighted by atomic mass is 16.6. The van der Waals surface area contributed by atoms with E-state index in [1.807, 2.05) is 51.6 Å². The summed E-state index contributed by atoms with van der Waals surface area (Å²) in [6.07, 6.45) is 15.1. The first-order chi connectivity index (χ1) is 24.1. The second-order valence-electron chi connectivity index (χ2n) is 14.4. The van der Waals surface area contributed by atoms with E-state index in [1.165, 1.54) is 33.5 Å². The van der Waals surface area contributed by atoms with Crippen LogP contribution in [-0.2, 0) is 39.9 Å². The predicted molar refractivity (Wildman–Crippen MR) is 202 cm³/mol. The molecule has 2 aromatic heterocycles. The number of hydrogen-bond acceptors (Lipinski definition) is 10. The van der Waals surface area contributed by atoms with Crippen molar-refractivity contribution < 1.29 is 19.0 Å². The molecule has 2 aliphatic carbocycles. The molecule has 2 N–H and O–H groups in total. The number of rotatable bonds is 2. The van der Waals surface area contributed by atoms with Gasteiger partial charge in [-0.3, -0.25) is 5.41 Å². The average molecular weight is 707 g/mol. The highest BCUT2D eigenvalue weighted by Crippen LogP contribution is 2.41. The van der Waals surface area contributed by atoms with Crippen LogP contribution in [0.25, 0.3) is 22.3 Å². The van der Waals surface area contributed by atoms with Crippen molar-refractivity contribution in [2.75, 3.05) is 20.3 Å². The van der Waals surface area contributed by atoms with Crippen molar-refractivity contribution in [2.24, 2.45) is 4.99 Å². The van der Waals surface area contributed by atoms with Gasteiger partial charge in [-0.25, -0.2) is 34.6 Å². The SMILES string of the molecule is C.C.CC(C)(C)OC(=O)N1C(=N)OCC12CCc1c(cccc1-c1cncnc1)C2.CN=C1NC2(CCc3c(cccc3-c3cncnc3)C2)CO1. The molecule has 0 bridgehead atoms. The Morgan fingerprint density at radius 1 is 0.846 bits per heavy atom. The van der Waals surface area contributed by atoms with Crippen LogP contribution in [0.15, 0.2) is 78.8 Å². The van der Waals surface area contributed by atoms with E-state index in [-0.39, 0.29) is 26.4 Å². The Labute approximate surface area is 306 Å². The van der Waals surface area contributed by atoms with Crippen LogP contribution in [0.4, 0.5) is 4.79 Å². The van der Waals surface area contributed by atoms with E-state index in [1.54, 1.807) is 13.4 Å². The molecule has 2 aromatic carbocycles. The highest BCUT2D eigenvalue weighted by Gasteiger charge is 2.52. The zero-order valence-corrected chi connectivity index (χ0v) is 28.9. The van der Waals surface area contributed by atoms with Crippen molar-refractivity contribution in [3.05, 3.63) is 96.1 Å². The average Bonchev–Trinajstić information content (AvgIpc) is 3.67. The van der Waals surface area contributed by atoms with Gasteiger partial charge in [0.05, 0.1) is 11.1 Å². The van der Waals surface area contributed by atoms with Crippen molar-refractivity contribution in [1.29, 1.82) is 5.41 Å². The fraction of sp³-hybridized carbons (Fsp3) is 0.425. The van der Waals surface area contributed by atoms with Crippen LogP contribution >= 0.6 is 0 Å². The van der Waals surface area contributed by atoms with E-state index < -0.39 is 17.2 Å². The van der Waals surface area contributed by atoms with Crippen LogP contribution in [-0.4, -0.2) is 79.9 Å². The van der Waals surface area contributed by atoms with Gasteiger partial charge in [0.15, 0.2) is 0 Å². The lowest BCUT2D eigenvalue weighted by Gasteiger charge is -2.39. The molecule has 12 heteroatoms. The number of hydrogen-bond donors (Lipinski definition) is 2. The van der Waals surface area contributed by atoms with E-state index in [2.05, 4.69) is 60.6 Å². The highest BCUT2D eigenvalue weighted by molar-refractivity contribution is 5.92. The monoisotopic (exact) mass is 706 g/mol. The van der Waals surface area contributed by atoms with Crippen molar-refractivity contribution in [2.45, 2.75) is 90.8 Å². The molecule has 274 valence electrons. The van der Waals surface area contributed by atoms with E-state index in [0.717, 1.165) is 47.9 Å². The third-order valence-electron chi connectivity index (χ3n) is 9.82. The minimum Gasteiger partial charge on any atom is -0.463 e. The summed E-state index contributed by atoms with van der Waals surface area (Å²) in [5.41, 5.74) is 8.39. The molecular weight excluding hydrogens is 656 g/mol. The molecule has 0 saturated carbocycles. The number of ether oxygens (including phenoxy) is 3. The van der Waals surface area contributed by atoms with Gasteiger partial charge in [-0.1, -0.05) is 51.3 Å². The summed E-state index contributed by atoms with van der Waals surface area (Å²) < 4.78 is 16.7. The molecule has 1 amide bonds. The van der Waals surface area contributed by atoms with E-state index in [4.69, 9.17) is 19.6 Å². The third-order valence-corrected chi connectivity index (χ3v) is 9.82. The molecule has 12 nitrogen and oxygen atoms in total. The molecule has 2 saturated heterocycles. The van der Waals surface area contributed by atoms with Gasteiger partial charge in [0.2, 0.25) is 0 Å². The van der Waals surface area contributed by atoms with E-state index in [0.29, 0.717) is 32.1 Å². The Morgan fingerprint density at radius 2 is 1.40 bits per heavy atom. The van der Waals surface area contributed by atoms with Crippen LogP contribution in [0.1, 0.15) is 70.7 Å². The topological polar surface area (TPSA) is 148 Å². The molecular formula is C40H50N8O4. The van der Waals surface area contributed by atoms with Crippen LogP contribution < -0.4 is 5.32 Å². The van der Waals surface area contributed by atoms with Crippen LogP contribution in [0.2, 0.25) is 0 Å². The van der Waals surface area contributed by atoms with Gasteiger partial charge in [0.1, 0.15) is 31.5 Å². The van der Waals surface area contributed by atoms with Gasteiger partial charge in [-0.05, 0) is 86.3 Å². The summed E-state index contributed by atoms with van der Waals surface area (Å²) in [6.45, 7) is 6.47. The van der Waals surface area contributed by atoms with Crippen molar-refractivity contribution in [3.8, 4) is 22.3 Å². The van der Waals surface area contributed by atoms with Crippen molar-refractivity contribution >= 4 is 18.1 Å². The van der Waals surface area contributed by atoms with Gasteiger partial charge >= 0.3 is 6.09 Å². The van der Waals surface area contributed by atoms with Gasteiger partial charge < -0.3 is 19.5 Å². The maximum Gasteiger partial charge on any atom is 0.419 e. The zero-order chi connectivity index (χ0) is 34.9. The first-order valence-electron chi connectivity index (χ1n) is 16.9. The summed E-state index contributed by atoms with van der Waals surface area (Å²) in [4.78, 5) is 34.9. The molecule has 8 rings (SSSR count). The molecule has 4 heterocycles. The van der Waals surface area contributed by atoms with Gasteiger partial charge in [-0.15, -0.1) is 0 Å². The lowest BCUT2D eigenvalue weighted by Crippen LogP contribution is -2.55. The number of carbonyl (C=O) groups is 1. The molecule has 52 heavy (non-hydrogen) atoms. The maximum atomic E-state index is 12.8. The van der Waals surface area contributed by atoms with E-state index in [9.17, 15) is 4.79 Å². The predicted octanol–water partition coefficient (Wildman–Crippen LogP) is 6.82. The number of aromatic nitrogens is 4. The quantitative estimate of drug-likeness (QED) is 0.229. The number of benzene rings is 2. The molecule has 0 radical (unpaired) electrons. The normalized spacial score (nSPS) is 22.0. The number of amidine groups is 2. The van der Waals surface area contributed by atoms with Gasteiger partial charge in [0, 0.05) is 49.4 Å². The number of nitrogens with zero attached hydrogens (tertiary/aromatic N) is 6. The Kier molecular flexibility index (Phi) is 11.0. The summed E-state index contributed by atoms with van der Waals surface area (Å²) in [7, 11) is 1.76. The third kappa shape index (κ3) is 7.46. The molecule has 2 aliphatic heterocycles. The van der Waals surface area contributed by atoms with Crippen molar-refractivity contribution in [1.82, 2.24) is 30.2 Å². The van der Waals surface area contributed by atoms with Crippen molar-refractivity contribution in [3.63, 3.8) is 0 Å². The van der Waals surface area contributed by atoms with Crippen LogP contribution in [0.5, 0.6) is 0 Å². The number of nitrogens with one attached hydrogen (secondary N) is 2. The summed E-state index contributed by atoms with van der Waals surface area (Å²) in [5, 5.41) is 11.6.